The maximum atomic E-state index is 11.8. The highest BCUT2D eigenvalue weighted by molar-refractivity contribution is 6.33. The number of rotatable bonds is 5. The lowest BCUT2D eigenvalue weighted by Crippen LogP contribution is -2.07. The first-order chi connectivity index (χ1) is 9.66. The van der Waals surface area contributed by atoms with E-state index in [-0.39, 0.29) is 5.97 Å². The Morgan fingerprint density at radius 2 is 1.90 bits per heavy atom. The molecule has 0 aliphatic carbocycles. The smallest absolute Gasteiger partial charge is 0.338 e. The molecule has 0 fully saturated rings. The monoisotopic (exact) mass is 289 g/mol. The fourth-order valence-corrected chi connectivity index (χ4v) is 2.00. The Morgan fingerprint density at radius 1 is 1.15 bits per heavy atom. The number of nitrogen functional groups attached to an aromatic ring is 1. The zero-order valence-corrected chi connectivity index (χ0v) is 11.8. The van der Waals surface area contributed by atoms with Crippen LogP contribution < -0.4 is 5.73 Å². The summed E-state index contributed by atoms with van der Waals surface area (Å²) in [5, 5.41) is 0.365. The van der Waals surface area contributed by atoms with Gasteiger partial charge in [0.1, 0.15) is 0 Å². The van der Waals surface area contributed by atoms with E-state index in [1.807, 2.05) is 18.2 Å². The van der Waals surface area contributed by atoms with Crippen molar-refractivity contribution in [2.24, 2.45) is 0 Å². The number of hydrogen-bond acceptors (Lipinski definition) is 3. The van der Waals surface area contributed by atoms with Gasteiger partial charge in [-0.15, -0.1) is 0 Å². The summed E-state index contributed by atoms with van der Waals surface area (Å²) in [5.41, 5.74) is 7.70. The summed E-state index contributed by atoms with van der Waals surface area (Å²) < 4.78 is 5.21. The predicted molar refractivity (Wildman–Crippen MR) is 80.9 cm³/mol. The van der Waals surface area contributed by atoms with Crippen LogP contribution in [0.4, 0.5) is 5.69 Å². The van der Waals surface area contributed by atoms with Crippen LogP contribution in [0.5, 0.6) is 0 Å². The minimum atomic E-state index is -0.375. The average Bonchev–Trinajstić information content (AvgIpc) is 2.47. The summed E-state index contributed by atoms with van der Waals surface area (Å²) in [5.74, 6) is -0.375. The maximum Gasteiger partial charge on any atom is 0.338 e. The fourth-order valence-electron chi connectivity index (χ4n) is 1.82. The van der Waals surface area contributed by atoms with Crippen molar-refractivity contribution in [1.82, 2.24) is 0 Å². The highest BCUT2D eigenvalue weighted by Crippen LogP contribution is 2.20. The van der Waals surface area contributed by atoms with E-state index in [9.17, 15) is 4.79 Å². The zero-order chi connectivity index (χ0) is 14.4. The first kappa shape index (κ1) is 14.4. The van der Waals surface area contributed by atoms with E-state index >= 15 is 0 Å². The molecule has 0 spiro atoms. The van der Waals surface area contributed by atoms with Gasteiger partial charge in [0, 0.05) is 0 Å². The number of esters is 1. The Balaban J connectivity index is 1.79. The standard InChI is InChI=1S/C16H16ClNO2/c17-14-11-13(8-9-15(14)18)16(19)20-10-4-7-12-5-2-1-3-6-12/h1-3,5-6,8-9,11H,4,7,10,18H2. The van der Waals surface area contributed by atoms with Crippen molar-refractivity contribution in [1.29, 1.82) is 0 Å². The molecular formula is C16H16ClNO2. The topological polar surface area (TPSA) is 52.3 Å². The quantitative estimate of drug-likeness (QED) is 0.518. The third kappa shape index (κ3) is 4.00. The zero-order valence-electron chi connectivity index (χ0n) is 11.0. The van der Waals surface area contributed by atoms with E-state index in [2.05, 4.69) is 12.1 Å². The molecule has 0 unspecified atom stereocenters. The molecule has 0 heterocycles. The Labute approximate surface area is 123 Å². The highest BCUT2D eigenvalue weighted by Gasteiger charge is 2.08. The number of carbonyl (C=O) groups excluding carboxylic acids is 1. The number of hydrogen-bond donors (Lipinski definition) is 1. The van der Waals surface area contributed by atoms with Crippen molar-refractivity contribution in [2.45, 2.75) is 12.8 Å². The number of halogens is 1. The Bertz CT molecular complexity index is 584. The molecule has 0 bridgehead atoms. The van der Waals surface area contributed by atoms with Crippen molar-refractivity contribution in [2.75, 3.05) is 12.3 Å². The molecule has 0 saturated carbocycles. The van der Waals surface area contributed by atoms with Gasteiger partial charge in [-0.2, -0.15) is 0 Å². The lowest BCUT2D eigenvalue weighted by atomic mass is 10.1. The fraction of sp³-hybridized carbons (Fsp3) is 0.188. The normalized spacial score (nSPS) is 10.2. The van der Waals surface area contributed by atoms with Crippen LogP contribution in [-0.2, 0) is 11.2 Å². The molecule has 4 heteroatoms. The molecule has 2 aromatic rings. The molecular weight excluding hydrogens is 274 g/mol. The molecule has 0 aliphatic rings. The van der Waals surface area contributed by atoms with Crippen molar-refractivity contribution >= 4 is 23.3 Å². The lowest BCUT2D eigenvalue weighted by Gasteiger charge is -2.06. The Kier molecular flexibility index (Phi) is 5.02. The van der Waals surface area contributed by atoms with E-state index in [1.165, 1.54) is 11.6 Å². The lowest BCUT2D eigenvalue weighted by molar-refractivity contribution is 0.0500. The van der Waals surface area contributed by atoms with E-state index in [4.69, 9.17) is 22.1 Å². The third-order valence-corrected chi connectivity index (χ3v) is 3.25. The molecule has 2 rings (SSSR count). The van der Waals surface area contributed by atoms with Crippen LogP contribution in [0.25, 0.3) is 0 Å². The number of nitrogens with two attached hydrogens (primary N) is 1. The SMILES string of the molecule is Nc1ccc(C(=O)OCCCc2ccccc2)cc1Cl. The van der Waals surface area contributed by atoms with Crippen LogP contribution in [0.15, 0.2) is 48.5 Å². The molecule has 0 aromatic heterocycles. The largest absolute Gasteiger partial charge is 0.462 e. The van der Waals surface area contributed by atoms with Gasteiger partial charge in [0.2, 0.25) is 0 Å². The summed E-state index contributed by atoms with van der Waals surface area (Å²) in [6, 6.07) is 14.8. The average molecular weight is 290 g/mol. The van der Waals surface area contributed by atoms with Gasteiger partial charge >= 0.3 is 5.97 Å². The van der Waals surface area contributed by atoms with E-state index in [0.29, 0.717) is 22.9 Å². The number of aryl methyl sites for hydroxylation is 1. The summed E-state index contributed by atoms with van der Waals surface area (Å²) >= 11 is 5.87. The van der Waals surface area contributed by atoms with E-state index < -0.39 is 0 Å². The molecule has 20 heavy (non-hydrogen) atoms. The van der Waals surface area contributed by atoms with Gasteiger partial charge in [-0.1, -0.05) is 41.9 Å². The van der Waals surface area contributed by atoms with Gasteiger partial charge in [-0.05, 0) is 36.6 Å². The third-order valence-electron chi connectivity index (χ3n) is 2.92. The number of benzene rings is 2. The summed E-state index contributed by atoms with van der Waals surface area (Å²) in [7, 11) is 0. The van der Waals surface area contributed by atoms with Crippen LogP contribution in [-0.4, -0.2) is 12.6 Å². The molecule has 2 N–H and O–H groups in total. The first-order valence-corrected chi connectivity index (χ1v) is 6.80. The van der Waals surface area contributed by atoms with Gasteiger partial charge in [-0.25, -0.2) is 4.79 Å². The molecule has 2 aromatic carbocycles. The summed E-state index contributed by atoms with van der Waals surface area (Å²) in [6.45, 7) is 0.385. The van der Waals surface area contributed by atoms with Gasteiger partial charge in [0.25, 0.3) is 0 Å². The van der Waals surface area contributed by atoms with Crippen LogP contribution in [0.3, 0.4) is 0 Å². The maximum absolute atomic E-state index is 11.8. The second kappa shape index (κ2) is 6.96. The molecule has 0 radical (unpaired) electrons. The Hall–Kier alpha value is -2.00. The second-order valence-corrected chi connectivity index (χ2v) is 4.87. The van der Waals surface area contributed by atoms with Crippen LogP contribution in [0.2, 0.25) is 5.02 Å². The molecule has 0 atom stereocenters. The predicted octanol–water partition coefficient (Wildman–Crippen LogP) is 3.71. The molecule has 0 saturated heterocycles. The van der Waals surface area contributed by atoms with Gasteiger partial charge in [-0.3, -0.25) is 0 Å². The van der Waals surface area contributed by atoms with Gasteiger partial charge in [0.15, 0.2) is 0 Å². The van der Waals surface area contributed by atoms with Crippen LogP contribution in [0.1, 0.15) is 22.3 Å². The van der Waals surface area contributed by atoms with E-state index in [0.717, 1.165) is 12.8 Å². The summed E-state index contributed by atoms with van der Waals surface area (Å²) in [6.07, 6.45) is 1.68. The van der Waals surface area contributed by atoms with Crippen molar-refractivity contribution in [3.8, 4) is 0 Å². The molecule has 3 nitrogen and oxygen atoms in total. The Morgan fingerprint density at radius 3 is 2.60 bits per heavy atom. The van der Waals surface area contributed by atoms with Crippen LogP contribution in [0, 0.1) is 0 Å². The molecule has 104 valence electrons. The minimum absolute atomic E-state index is 0.365. The van der Waals surface area contributed by atoms with Gasteiger partial charge in [0.05, 0.1) is 22.9 Å². The van der Waals surface area contributed by atoms with Crippen molar-refractivity contribution in [3.63, 3.8) is 0 Å². The van der Waals surface area contributed by atoms with Gasteiger partial charge < -0.3 is 10.5 Å². The minimum Gasteiger partial charge on any atom is -0.462 e. The first-order valence-electron chi connectivity index (χ1n) is 6.43. The number of anilines is 1. The molecule has 0 amide bonds. The van der Waals surface area contributed by atoms with E-state index in [1.54, 1.807) is 12.1 Å². The number of carbonyl (C=O) groups is 1. The second-order valence-electron chi connectivity index (χ2n) is 4.46. The van der Waals surface area contributed by atoms with Crippen LogP contribution >= 0.6 is 11.6 Å². The molecule has 0 aliphatic heterocycles. The highest BCUT2D eigenvalue weighted by atomic mass is 35.5. The van der Waals surface area contributed by atoms with Crippen molar-refractivity contribution < 1.29 is 9.53 Å². The number of ether oxygens (including phenoxy) is 1. The summed E-state index contributed by atoms with van der Waals surface area (Å²) in [4.78, 5) is 11.8. The van der Waals surface area contributed by atoms with Crippen molar-refractivity contribution in [3.05, 3.63) is 64.7 Å².